The zero-order chi connectivity index (χ0) is 21.9. The molecule has 1 aliphatic rings. The van der Waals surface area contributed by atoms with Crippen molar-refractivity contribution in [2.45, 2.75) is 16.9 Å². The highest BCUT2D eigenvalue weighted by atomic mass is 32.2. The van der Waals surface area contributed by atoms with Gasteiger partial charge in [0.25, 0.3) is 10.0 Å². The summed E-state index contributed by atoms with van der Waals surface area (Å²) in [7, 11) is 0.237. The number of nitrogens with zero attached hydrogens (tertiary/aromatic N) is 3. The topological polar surface area (TPSA) is 76.5 Å². The maximum Gasteiger partial charge on any atom is 0.259 e. The average molecular weight is 441 g/mol. The average Bonchev–Trinajstić information content (AvgIpc) is 3.18. The van der Waals surface area contributed by atoms with Crippen LogP contribution in [0.25, 0.3) is 0 Å². The highest BCUT2D eigenvalue weighted by Crippen LogP contribution is 2.38. The van der Waals surface area contributed by atoms with Gasteiger partial charge in [0.1, 0.15) is 12.4 Å². The first-order valence-corrected chi connectivity index (χ1v) is 11.8. The van der Waals surface area contributed by atoms with E-state index in [4.69, 9.17) is 4.74 Å². The van der Waals surface area contributed by atoms with Gasteiger partial charge in [0.05, 0.1) is 6.33 Å². The number of hydrogen-bond donors (Lipinski definition) is 1. The molecular weight excluding hydrogens is 412 g/mol. The smallest absolute Gasteiger partial charge is 0.259 e. The monoisotopic (exact) mass is 440 g/mol. The predicted octanol–water partition coefficient (Wildman–Crippen LogP) is 2.20. The normalized spacial score (nSPS) is 16.1. The fourth-order valence-corrected chi connectivity index (χ4v) is 5.22. The molecule has 31 heavy (non-hydrogen) atoms. The third kappa shape index (κ3) is 4.98. The van der Waals surface area contributed by atoms with Crippen molar-refractivity contribution in [1.82, 2.24) is 19.2 Å². The third-order valence-corrected chi connectivity index (χ3v) is 6.94. The van der Waals surface area contributed by atoms with Gasteiger partial charge in [-0.1, -0.05) is 42.5 Å². The first-order chi connectivity index (χ1) is 14.9. The van der Waals surface area contributed by atoms with E-state index in [0.717, 1.165) is 25.3 Å². The Bertz CT molecular complexity index is 1120. The van der Waals surface area contributed by atoms with Crippen LogP contribution in [0.2, 0.25) is 0 Å². The Morgan fingerprint density at radius 3 is 2.55 bits per heavy atom. The Hall–Kier alpha value is -2.68. The number of aryl methyl sites for hydroxylation is 1. The SMILES string of the molecule is CN1CC(Cc2ccccc2)(c2cccc(OCCNS(=O)(=O)c3cn(C)cn3)c2)C1. The first kappa shape index (κ1) is 21.5. The molecule has 0 atom stereocenters. The number of benzene rings is 2. The summed E-state index contributed by atoms with van der Waals surface area (Å²) in [5, 5.41) is 0.00829. The van der Waals surface area contributed by atoms with Crippen LogP contribution in [0, 0.1) is 0 Å². The number of ether oxygens (including phenoxy) is 1. The van der Waals surface area contributed by atoms with Crippen molar-refractivity contribution < 1.29 is 13.2 Å². The minimum atomic E-state index is -3.63. The molecule has 7 nitrogen and oxygen atoms in total. The molecule has 0 saturated carbocycles. The number of imidazole rings is 1. The molecule has 0 spiro atoms. The Morgan fingerprint density at radius 2 is 1.87 bits per heavy atom. The number of sulfonamides is 1. The van der Waals surface area contributed by atoms with E-state index in [1.165, 1.54) is 23.7 Å². The number of likely N-dealkylation sites (tertiary alicyclic amines) is 1. The molecule has 0 amide bonds. The van der Waals surface area contributed by atoms with Gasteiger partial charge < -0.3 is 14.2 Å². The Morgan fingerprint density at radius 1 is 1.10 bits per heavy atom. The van der Waals surface area contributed by atoms with Crippen LogP contribution in [0.4, 0.5) is 0 Å². The Balaban J connectivity index is 1.38. The van der Waals surface area contributed by atoms with Crippen LogP contribution in [0.5, 0.6) is 5.75 Å². The van der Waals surface area contributed by atoms with Gasteiger partial charge in [-0.15, -0.1) is 0 Å². The molecule has 1 aliphatic heterocycles. The van der Waals surface area contributed by atoms with Crippen LogP contribution in [0.3, 0.4) is 0 Å². The third-order valence-electron chi connectivity index (χ3n) is 5.60. The van der Waals surface area contributed by atoms with Crippen LogP contribution >= 0.6 is 0 Å². The Kier molecular flexibility index (Phi) is 6.13. The minimum absolute atomic E-state index is 0.00829. The number of nitrogens with one attached hydrogen (secondary N) is 1. The molecule has 4 rings (SSSR count). The Labute approximate surface area is 183 Å². The van der Waals surface area contributed by atoms with Gasteiger partial charge >= 0.3 is 0 Å². The van der Waals surface area contributed by atoms with Crippen molar-refractivity contribution in [3.05, 3.63) is 78.2 Å². The van der Waals surface area contributed by atoms with E-state index < -0.39 is 10.0 Å². The molecule has 1 fully saturated rings. The maximum atomic E-state index is 12.2. The van der Waals surface area contributed by atoms with Gasteiger partial charge in [-0.3, -0.25) is 0 Å². The zero-order valence-corrected chi connectivity index (χ0v) is 18.7. The maximum absolute atomic E-state index is 12.2. The second kappa shape index (κ2) is 8.82. The molecule has 0 aliphatic carbocycles. The van der Waals surface area contributed by atoms with Crippen molar-refractivity contribution in [3.8, 4) is 5.75 Å². The molecule has 1 aromatic heterocycles. The molecular formula is C23H28N4O3S. The van der Waals surface area contributed by atoms with E-state index in [0.29, 0.717) is 0 Å². The second-order valence-corrected chi connectivity index (χ2v) is 9.98. The summed E-state index contributed by atoms with van der Waals surface area (Å²) in [4.78, 5) is 6.21. The van der Waals surface area contributed by atoms with Gasteiger partial charge in [0.15, 0.2) is 5.03 Å². The van der Waals surface area contributed by atoms with Crippen LogP contribution < -0.4 is 9.46 Å². The first-order valence-electron chi connectivity index (χ1n) is 10.3. The zero-order valence-electron chi connectivity index (χ0n) is 17.9. The molecule has 3 aromatic rings. The van der Waals surface area contributed by atoms with E-state index in [2.05, 4.69) is 58.1 Å². The quantitative estimate of drug-likeness (QED) is 0.516. The van der Waals surface area contributed by atoms with Gasteiger partial charge in [-0.05, 0) is 36.7 Å². The summed E-state index contributed by atoms with van der Waals surface area (Å²) in [6.07, 6.45) is 3.90. The van der Waals surface area contributed by atoms with Crippen LogP contribution in [-0.2, 0) is 28.9 Å². The van der Waals surface area contributed by atoms with Crippen molar-refractivity contribution in [1.29, 1.82) is 0 Å². The number of hydrogen-bond acceptors (Lipinski definition) is 5. The predicted molar refractivity (Wildman–Crippen MR) is 120 cm³/mol. The summed E-state index contributed by atoms with van der Waals surface area (Å²) in [5.41, 5.74) is 2.64. The van der Waals surface area contributed by atoms with E-state index in [1.807, 2.05) is 18.2 Å². The molecule has 1 N–H and O–H groups in total. The lowest BCUT2D eigenvalue weighted by Gasteiger charge is -2.49. The van der Waals surface area contributed by atoms with Crippen LogP contribution in [0.1, 0.15) is 11.1 Å². The van der Waals surface area contributed by atoms with E-state index in [9.17, 15) is 8.42 Å². The fraction of sp³-hybridized carbons (Fsp3) is 0.348. The second-order valence-electron chi connectivity index (χ2n) is 8.27. The fourth-order valence-electron chi connectivity index (χ4n) is 4.23. The van der Waals surface area contributed by atoms with Gasteiger partial charge in [-0.2, -0.15) is 0 Å². The molecule has 2 heterocycles. The van der Waals surface area contributed by atoms with E-state index in [1.54, 1.807) is 11.6 Å². The molecule has 0 radical (unpaired) electrons. The van der Waals surface area contributed by atoms with Crippen molar-refractivity contribution in [2.75, 3.05) is 33.3 Å². The largest absolute Gasteiger partial charge is 0.492 e. The summed E-state index contributed by atoms with van der Waals surface area (Å²) < 4.78 is 34.5. The van der Waals surface area contributed by atoms with Crippen molar-refractivity contribution in [3.63, 3.8) is 0 Å². The molecule has 2 aromatic carbocycles. The minimum Gasteiger partial charge on any atom is -0.492 e. The van der Waals surface area contributed by atoms with Crippen molar-refractivity contribution >= 4 is 10.0 Å². The molecule has 1 saturated heterocycles. The summed E-state index contributed by atoms with van der Waals surface area (Å²) >= 11 is 0. The van der Waals surface area contributed by atoms with Crippen LogP contribution in [-0.4, -0.2) is 56.2 Å². The summed E-state index contributed by atoms with van der Waals surface area (Å²) in [5.74, 6) is 0.747. The van der Waals surface area contributed by atoms with Crippen molar-refractivity contribution in [2.24, 2.45) is 7.05 Å². The lowest BCUT2D eigenvalue weighted by atomic mass is 9.70. The lowest BCUT2D eigenvalue weighted by Crippen LogP contribution is -2.58. The van der Waals surface area contributed by atoms with Gasteiger partial charge in [-0.25, -0.2) is 18.1 Å². The van der Waals surface area contributed by atoms with Crippen LogP contribution in [0.15, 0.2) is 72.1 Å². The number of rotatable bonds is 9. The standard InChI is InChI=1S/C23H28N4O3S/c1-26-15-22(24-18-26)31(28,29)25-11-12-30-21-10-6-9-20(13-21)23(16-27(2)17-23)14-19-7-4-3-5-8-19/h3-10,13,15,18,25H,11-12,14,16-17H2,1-2H3. The molecule has 164 valence electrons. The van der Waals surface area contributed by atoms with E-state index in [-0.39, 0.29) is 23.6 Å². The highest BCUT2D eigenvalue weighted by Gasteiger charge is 2.42. The molecule has 8 heteroatoms. The number of aromatic nitrogens is 2. The lowest BCUT2D eigenvalue weighted by molar-refractivity contribution is 0.0930. The molecule has 0 bridgehead atoms. The molecule has 0 unspecified atom stereocenters. The summed E-state index contributed by atoms with van der Waals surface area (Å²) in [6.45, 7) is 2.40. The number of likely N-dealkylation sites (N-methyl/N-ethyl adjacent to an activating group) is 1. The highest BCUT2D eigenvalue weighted by molar-refractivity contribution is 7.89. The summed E-state index contributed by atoms with van der Waals surface area (Å²) in [6, 6.07) is 18.7. The van der Waals surface area contributed by atoms with E-state index >= 15 is 0 Å². The van der Waals surface area contributed by atoms with Gasteiger partial charge in [0.2, 0.25) is 0 Å². The van der Waals surface area contributed by atoms with Gasteiger partial charge in [0, 0.05) is 38.3 Å².